The molecule has 0 spiro atoms. The van der Waals surface area contributed by atoms with Crippen LogP contribution in [0.25, 0.3) is 11.3 Å². The van der Waals surface area contributed by atoms with Crippen LogP contribution in [-0.4, -0.2) is 44.4 Å². The second kappa shape index (κ2) is 8.19. The van der Waals surface area contributed by atoms with Crippen molar-refractivity contribution in [1.82, 2.24) is 14.5 Å². The van der Waals surface area contributed by atoms with Crippen LogP contribution in [-0.2, 0) is 16.1 Å². The summed E-state index contributed by atoms with van der Waals surface area (Å²) >= 11 is 0. The van der Waals surface area contributed by atoms with Crippen molar-refractivity contribution in [2.45, 2.75) is 32.0 Å². The van der Waals surface area contributed by atoms with Crippen LogP contribution in [0.3, 0.4) is 0 Å². The number of imidazole rings is 1. The van der Waals surface area contributed by atoms with Gasteiger partial charge in [-0.3, -0.25) is 19.3 Å². The lowest BCUT2D eigenvalue weighted by molar-refractivity contribution is -0.120. The van der Waals surface area contributed by atoms with Crippen molar-refractivity contribution in [1.29, 1.82) is 0 Å². The zero-order valence-corrected chi connectivity index (χ0v) is 18.7. The van der Waals surface area contributed by atoms with Crippen LogP contribution >= 0.6 is 0 Å². The van der Waals surface area contributed by atoms with E-state index in [1.165, 1.54) is 4.90 Å². The number of benzene rings is 2. The summed E-state index contributed by atoms with van der Waals surface area (Å²) in [6.07, 6.45) is 7.85. The lowest BCUT2D eigenvalue weighted by atomic mass is 9.98. The van der Waals surface area contributed by atoms with Gasteiger partial charge in [0.2, 0.25) is 11.8 Å². The Bertz CT molecular complexity index is 1340. The first-order valence-corrected chi connectivity index (χ1v) is 11.0. The number of terminal acetylenes is 1. The van der Waals surface area contributed by atoms with Crippen molar-refractivity contribution in [2.24, 2.45) is 0 Å². The summed E-state index contributed by atoms with van der Waals surface area (Å²) in [5, 5.41) is 2.91. The Morgan fingerprint density at radius 2 is 1.88 bits per heavy atom. The molecule has 3 aromatic rings. The van der Waals surface area contributed by atoms with Crippen molar-refractivity contribution in [3.05, 3.63) is 66.5 Å². The molecule has 1 saturated heterocycles. The molecule has 1 fully saturated rings. The summed E-state index contributed by atoms with van der Waals surface area (Å²) in [6, 6.07) is 16.5. The Labute approximate surface area is 197 Å². The molecule has 1 N–H and O–H groups in total. The molecular weight excluding hydrogens is 430 g/mol. The molecule has 8 nitrogen and oxygen atoms in total. The molecule has 3 amide bonds. The molecule has 0 bridgehead atoms. The summed E-state index contributed by atoms with van der Waals surface area (Å²) in [7, 11) is 0. The number of carbonyl (C=O) groups excluding carboxylic acids is 3. The Hall–Kier alpha value is -4.38. The van der Waals surface area contributed by atoms with E-state index in [9.17, 15) is 14.4 Å². The van der Waals surface area contributed by atoms with E-state index in [1.54, 1.807) is 40.1 Å². The van der Waals surface area contributed by atoms with E-state index in [-0.39, 0.29) is 24.9 Å². The fourth-order valence-corrected chi connectivity index (χ4v) is 4.80. The van der Waals surface area contributed by atoms with Gasteiger partial charge >= 0.3 is 0 Å². The van der Waals surface area contributed by atoms with Crippen LogP contribution in [0.2, 0.25) is 0 Å². The van der Waals surface area contributed by atoms with Gasteiger partial charge in [-0.15, -0.1) is 6.42 Å². The maximum atomic E-state index is 13.4. The van der Waals surface area contributed by atoms with Crippen LogP contribution < -0.4 is 10.2 Å². The van der Waals surface area contributed by atoms with E-state index in [4.69, 9.17) is 6.42 Å². The fourth-order valence-electron chi connectivity index (χ4n) is 4.80. The standard InChI is InChI=1S/C26H23N5O3/c1-3-15-29-17-27-23(18-9-5-4-6-10-18)24(29)28-21(32)16-30-25(34)19-11-7-8-12-20(19)31-22(33)13-14-26(30,31)2/h1,4-12,17H,13-16H2,2H3,(H,28,32)/t26-/m0/s1. The highest BCUT2D eigenvalue weighted by atomic mass is 16.2. The largest absolute Gasteiger partial charge is 0.309 e. The maximum Gasteiger partial charge on any atom is 0.258 e. The summed E-state index contributed by atoms with van der Waals surface area (Å²) in [5.41, 5.74) is 1.50. The smallest absolute Gasteiger partial charge is 0.258 e. The molecule has 0 unspecified atom stereocenters. The minimum Gasteiger partial charge on any atom is -0.309 e. The second-order valence-corrected chi connectivity index (χ2v) is 8.54. The highest BCUT2D eigenvalue weighted by Crippen LogP contribution is 2.43. The first-order chi connectivity index (χ1) is 16.4. The third kappa shape index (κ3) is 3.33. The summed E-state index contributed by atoms with van der Waals surface area (Å²) in [4.78, 5) is 47.0. The van der Waals surface area contributed by atoms with E-state index in [2.05, 4.69) is 16.2 Å². The highest BCUT2D eigenvalue weighted by Gasteiger charge is 2.53. The van der Waals surface area contributed by atoms with Crippen molar-refractivity contribution in [3.8, 4) is 23.6 Å². The number of rotatable bonds is 5. The topological polar surface area (TPSA) is 87.5 Å². The Morgan fingerprint density at radius 3 is 2.65 bits per heavy atom. The van der Waals surface area contributed by atoms with Crippen molar-refractivity contribution < 1.29 is 14.4 Å². The molecule has 2 aliphatic rings. The van der Waals surface area contributed by atoms with Gasteiger partial charge in [0.25, 0.3) is 5.91 Å². The molecule has 34 heavy (non-hydrogen) atoms. The quantitative estimate of drug-likeness (QED) is 0.602. The average molecular weight is 454 g/mol. The van der Waals surface area contributed by atoms with Crippen molar-refractivity contribution in [3.63, 3.8) is 0 Å². The maximum absolute atomic E-state index is 13.4. The van der Waals surface area contributed by atoms with Gasteiger partial charge in [-0.1, -0.05) is 48.4 Å². The van der Waals surface area contributed by atoms with Crippen LogP contribution in [0.1, 0.15) is 30.1 Å². The van der Waals surface area contributed by atoms with Crippen LogP contribution in [0.4, 0.5) is 11.5 Å². The Kier molecular flexibility index (Phi) is 5.17. The SMILES string of the molecule is C#CCn1cnc(-c2ccccc2)c1NC(=O)CN1C(=O)c2ccccc2N2C(=O)CC[C@@]12C. The second-order valence-electron chi connectivity index (χ2n) is 8.54. The predicted octanol–water partition coefficient (Wildman–Crippen LogP) is 3.12. The number of fused-ring (bicyclic) bond motifs is 3. The van der Waals surface area contributed by atoms with E-state index in [1.807, 2.05) is 37.3 Å². The molecule has 170 valence electrons. The zero-order valence-electron chi connectivity index (χ0n) is 18.7. The number of carbonyl (C=O) groups is 3. The molecule has 1 atom stereocenters. The van der Waals surface area contributed by atoms with Gasteiger partial charge in [0.1, 0.15) is 23.7 Å². The Balaban J connectivity index is 1.47. The third-order valence-electron chi connectivity index (χ3n) is 6.45. The summed E-state index contributed by atoms with van der Waals surface area (Å²) in [6.45, 7) is 1.84. The summed E-state index contributed by atoms with van der Waals surface area (Å²) in [5.74, 6) is 2.29. The van der Waals surface area contributed by atoms with Crippen LogP contribution in [0, 0.1) is 12.3 Å². The number of aromatic nitrogens is 2. The minimum atomic E-state index is -0.915. The third-order valence-corrected chi connectivity index (χ3v) is 6.45. The first-order valence-electron chi connectivity index (χ1n) is 11.0. The summed E-state index contributed by atoms with van der Waals surface area (Å²) < 4.78 is 1.68. The molecule has 3 heterocycles. The van der Waals surface area contributed by atoms with Gasteiger partial charge in [0.15, 0.2) is 0 Å². The van der Waals surface area contributed by atoms with Crippen molar-refractivity contribution >= 4 is 29.2 Å². The molecule has 1 aromatic heterocycles. The average Bonchev–Trinajstić information content (AvgIpc) is 3.38. The van der Waals surface area contributed by atoms with E-state index in [0.717, 1.165) is 5.56 Å². The number of amides is 3. The molecule has 2 aromatic carbocycles. The number of nitrogens with zero attached hydrogens (tertiary/aromatic N) is 4. The Morgan fingerprint density at radius 1 is 1.15 bits per heavy atom. The van der Waals surface area contributed by atoms with Crippen molar-refractivity contribution in [2.75, 3.05) is 16.8 Å². The molecule has 0 radical (unpaired) electrons. The van der Waals surface area contributed by atoms with Gasteiger partial charge in [-0.2, -0.15) is 0 Å². The van der Waals surface area contributed by atoms with Gasteiger partial charge in [0, 0.05) is 12.0 Å². The molecule has 0 saturated carbocycles. The zero-order chi connectivity index (χ0) is 23.9. The number of nitrogens with one attached hydrogen (secondary N) is 1. The predicted molar refractivity (Wildman–Crippen MR) is 128 cm³/mol. The van der Waals surface area contributed by atoms with Crippen LogP contribution in [0.5, 0.6) is 0 Å². The fraction of sp³-hybridized carbons (Fsp3) is 0.231. The van der Waals surface area contributed by atoms with E-state index >= 15 is 0 Å². The van der Waals surface area contributed by atoms with E-state index in [0.29, 0.717) is 35.6 Å². The first kappa shape index (κ1) is 21.5. The van der Waals surface area contributed by atoms with Gasteiger partial charge in [-0.05, 0) is 25.5 Å². The van der Waals surface area contributed by atoms with Crippen LogP contribution in [0.15, 0.2) is 60.9 Å². The number of hydrogen-bond donors (Lipinski definition) is 1. The molecule has 0 aliphatic carbocycles. The lowest BCUT2D eigenvalue weighted by Crippen LogP contribution is -2.63. The number of anilines is 2. The molecular formula is C26H23N5O3. The molecule has 5 rings (SSSR count). The minimum absolute atomic E-state index is 0.0636. The van der Waals surface area contributed by atoms with Gasteiger partial charge in [-0.25, -0.2) is 4.98 Å². The number of para-hydroxylation sites is 1. The monoisotopic (exact) mass is 453 g/mol. The number of hydrogen-bond acceptors (Lipinski definition) is 4. The highest BCUT2D eigenvalue weighted by molar-refractivity contribution is 6.11. The normalized spacial score (nSPS) is 18.9. The lowest BCUT2D eigenvalue weighted by Gasteiger charge is -2.48. The van der Waals surface area contributed by atoms with Gasteiger partial charge < -0.3 is 14.8 Å². The van der Waals surface area contributed by atoms with Gasteiger partial charge in [0.05, 0.1) is 24.1 Å². The van der Waals surface area contributed by atoms with E-state index < -0.39 is 11.6 Å². The molecule has 8 heteroatoms. The molecule has 2 aliphatic heterocycles.